The van der Waals surface area contributed by atoms with Crippen LogP contribution >= 0.6 is 0 Å². The summed E-state index contributed by atoms with van der Waals surface area (Å²) >= 11 is 0. The number of ketones is 1. The third kappa shape index (κ3) is 2.49. The lowest BCUT2D eigenvalue weighted by molar-refractivity contribution is -0.384. The molecule has 2 fully saturated rings. The van der Waals surface area contributed by atoms with Gasteiger partial charge in [-0.15, -0.1) is 0 Å². The Bertz CT molecular complexity index is 1470. The normalized spacial score (nSPS) is 29.2. The summed E-state index contributed by atoms with van der Waals surface area (Å²) in [6.45, 7) is 0.544. The Hall–Kier alpha value is -4.37. The van der Waals surface area contributed by atoms with Crippen LogP contribution in [-0.2, 0) is 20.5 Å². The second-order valence-corrected chi connectivity index (χ2v) is 10.1. The molecule has 4 atom stereocenters. The van der Waals surface area contributed by atoms with Gasteiger partial charge in [0.15, 0.2) is 5.78 Å². The van der Waals surface area contributed by atoms with Gasteiger partial charge in [-0.2, -0.15) is 0 Å². The van der Waals surface area contributed by atoms with Gasteiger partial charge in [0, 0.05) is 40.7 Å². The molecule has 4 heterocycles. The van der Waals surface area contributed by atoms with Gasteiger partial charge in [-0.1, -0.05) is 48.5 Å². The van der Waals surface area contributed by atoms with Crippen LogP contribution in [0.25, 0.3) is 0 Å². The Morgan fingerprint density at radius 3 is 2.35 bits per heavy atom. The standard InChI is InChI=1S/C28H22N4O5/c33-23(16-7-5-8-17(15-16)32(36)37)24-27(18-9-1-3-11-20(18)29-25(27)34)22-13-6-14-31(22)28(24)19-10-2-4-12-21(19)30-26(28)35/h1-5,7-12,15,22,24H,6,13-14H2,(H,29,34)(H,30,35)/t22-,24+,27+,28-/m0/s1. The monoisotopic (exact) mass is 494 g/mol. The summed E-state index contributed by atoms with van der Waals surface area (Å²) in [7, 11) is 0. The molecule has 4 aliphatic heterocycles. The molecule has 2 saturated heterocycles. The molecule has 0 bridgehead atoms. The van der Waals surface area contributed by atoms with Gasteiger partial charge in [0.25, 0.3) is 5.69 Å². The van der Waals surface area contributed by atoms with Gasteiger partial charge in [-0.05, 0) is 37.1 Å². The molecule has 9 heteroatoms. The molecule has 9 nitrogen and oxygen atoms in total. The Balaban J connectivity index is 1.57. The molecule has 2 amide bonds. The van der Waals surface area contributed by atoms with E-state index in [0.717, 1.165) is 6.42 Å². The van der Waals surface area contributed by atoms with Crippen molar-refractivity contribution in [1.82, 2.24) is 4.90 Å². The van der Waals surface area contributed by atoms with E-state index in [1.54, 1.807) is 6.07 Å². The van der Waals surface area contributed by atoms with Crippen molar-refractivity contribution in [2.75, 3.05) is 17.2 Å². The van der Waals surface area contributed by atoms with E-state index in [9.17, 15) is 24.5 Å². The van der Waals surface area contributed by atoms with Gasteiger partial charge in [0.05, 0.1) is 10.8 Å². The summed E-state index contributed by atoms with van der Waals surface area (Å²) in [5, 5.41) is 17.5. The number of Topliss-reactive ketones (excluding diaryl/α,β-unsaturated/α-hetero) is 1. The number of nitro benzene ring substituents is 1. The number of benzene rings is 3. The topological polar surface area (TPSA) is 122 Å². The number of nitrogens with zero attached hydrogens (tertiary/aromatic N) is 2. The fourth-order valence-corrected chi connectivity index (χ4v) is 7.44. The number of rotatable bonds is 3. The van der Waals surface area contributed by atoms with Crippen molar-refractivity contribution in [2.24, 2.45) is 5.92 Å². The Kier molecular flexibility index (Phi) is 4.33. The van der Waals surface area contributed by atoms with Gasteiger partial charge < -0.3 is 10.6 Å². The highest BCUT2D eigenvalue weighted by Crippen LogP contribution is 2.66. The Morgan fingerprint density at radius 1 is 0.919 bits per heavy atom. The van der Waals surface area contributed by atoms with Crippen molar-refractivity contribution in [3.63, 3.8) is 0 Å². The molecule has 2 N–H and O–H groups in total. The molecule has 184 valence electrons. The number of fused-ring (bicyclic) bond motifs is 7. The van der Waals surface area contributed by atoms with Crippen molar-refractivity contribution in [3.8, 4) is 0 Å². The minimum absolute atomic E-state index is 0.105. The maximum Gasteiger partial charge on any atom is 0.270 e. The molecular formula is C28H22N4O5. The van der Waals surface area contributed by atoms with Crippen LogP contribution in [0.15, 0.2) is 72.8 Å². The van der Waals surface area contributed by atoms with Crippen molar-refractivity contribution >= 4 is 34.7 Å². The Labute approximate surface area is 211 Å². The van der Waals surface area contributed by atoms with Gasteiger partial charge in [-0.3, -0.25) is 29.4 Å². The lowest BCUT2D eigenvalue weighted by Gasteiger charge is -2.38. The van der Waals surface area contributed by atoms with E-state index in [4.69, 9.17) is 0 Å². The van der Waals surface area contributed by atoms with E-state index >= 15 is 0 Å². The average molecular weight is 495 g/mol. The lowest BCUT2D eigenvalue weighted by atomic mass is 9.60. The molecule has 0 radical (unpaired) electrons. The molecule has 0 aliphatic carbocycles. The Morgan fingerprint density at radius 2 is 1.59 bits per heavy atom. The zero-order chi connectivity index (χ0) is 25.5. The molecule has 3 aromatic carbocycles. The molecule has 2 spiro atoms. The molecular weight excluding hydrogens is 472 g/mol. The number of nitrogens with one attached hydrogen (secondary N) is 2. The molecule has 7 rings (SSSR count). The fourth-order valence-electron chi connectivity index (χ4n) is 7.44. The van der Waals surface area contributed by atoms with Crippen LogP contribution in [-0.4, -0.2) is 40.0 Å². The quantitative estimate of drug-likeness (QED) is 0.326. The first-order chi connectivity index (χ1) is 17.9. The van der Waals surface area contributed by atoms with Crippen molar-refractivity contribution in [2.45, 2.75) is 29.8 Å². The van der Waals surface area contributed by atoms with Crippen LogP contribution in [0.2, 0.25) is 0 Å². The number of carbonyl (C=O) groups is 3. The number of nitro groups is 1. The second kappa shape index (κ2) is 7.33. The summed E-state index contributed by atoms with van der Waals surface area (Å²) in [6.07, 6.45) is 1.41. The van der Waals surface area contributed by atoms with E-state index in [1.165, 1.54) is 24.3 Å². The molecule has 0 aromatic heterocycles. The maximum atomic E-state index is 14.7. The third-order valence-electron chi connectivity index (χ3n) is 8.64. The van der Waals surface area contributed by atoms with Crippen LogP contribution in [0.5, 0.6) is 0 Å². The molecule has 0 unspecified atom stereocenters. The lowest BCUT2D eigenvalue weighted by Crippen LogP contribution is -2.55. The zero-order valence-electron chi connectivity index (χ0n) is 19.6. The zero-order valence-corrected chi connectivity index (χ0v) is 19.6. The third-order valence-corrected chi connectivity index (χ3v) is 8.64. The highest BCUT2D eigenvalue weighted by molar-refractivity contribution is 6.18. The van der Waals surface area contributed by atoms with Crippen molar-refractivity contribution in [1.29, 1.82) is 0 Å². The number of carbonyl (C=O) groups excluding carboxylic acids is 3. The number of para-hydroxylation sites is 2. The predicted molar refractivity (Wildman–Crippen MR) is 134 cm³/mol. The van der Waals surface area contributed by atoms with Crippen LogP contribution in [0.1, 0.15) is 34.3 Å². The summed E-state index contributed by atoms with van der Waals surface area (Å²) in [5.74, 6) is -2.27. The largest absolute Gasteiger partial charge is 0.325 e. The van der Waals surface area contributed by atoms with E-state index < -0.39 is 33.6 Å². The molecule has 37 heavy (non-hydrogen) atoms. The first kappa shape index (κ1) is 21.9. The van der Waals surface area contributed by atoms with Crippen LogP contribution in [0.3, 0.4) is 0 Å². The van der Waals surface area contributed by atoms with E-state index in [0.29, 0.717) is 35.5 Å². The highest BCUT2D eigenvalue weighted by Gasteiger charge is 2.78. The van der Waals surface area contributed by atoms with Gasteiger partial charge in [-0.25, -0.2) is 0 Å². The van der Waals surface area contributed by atoms with Crippen LogP contribution in [0, 0.1) is 16.0 Å². The van der Waals surface area contributed by atoms with E-state index in [-0.39, 0.29) is 23.1 Å². The van der Waals surface area contributed by atoms with Gasteiger partial charge >= 0.3 is 0 Å². The number of hydrogen-bond acceptors (Lipinski definition) is 6. The highest BCUT2D eigenvalue weighted by atomic mass is 16.6. The van der Waals surface area contributed by atoms with Crippen molar-refractivity contribution < 1.29 is 19.3 Å². The van der Waals surface area contributed by atoms with Gasteiger partial charge in [0.1, 0.15) is 11.0 Å². The summed E-state index contributed by atoms with van der Waals surface area (Å²) in [6, 6.07) is 19.8. The minimum Gasteiger partial charge on any atom is -0.325 e. The van der Waals surface area contributed by atoms with E-state index in [1.807, 2.05) is 42.5 Å². The van der Waals surface area contributed by atoms with Crippen LogP contribution in [0.4, 0.5) is 17.1 Å². The minimum atomic E-state index is -1.44. The second-order valence-electron chi connectivity index (χ2n) is 10.1. The number of anilines is 2. The number of amides is 2. The molecule has 3 aromatic rings. The van der Waals surface area contributed by atoms with E-state index in [2.05, 4.69) is 15.5 Å². The summed E-state index contributed by atoms with van der Waals surface area (Å²) < 4.78 is 0. The van der Waals surface area contributed by atoms with Crippen molar-refractivity contribution in [3.05, 3.63) is 99.6 Å². The van der Waals surface area contributed by atoms with Crippen LogP contribution < -0.4 is 10.6 Å². The smallest absolute Gasteiger partial charge is 0.270 e. The first-order valence-corrected chi connectivity index (χ1v) is 12.3. The number of non-ortho nitro benzene ring substituents is 1. The molecule has 4 aliphatic rings. The SMILES string of the molecule is O=C(c1cccc([N+](=O)[O-])c1)[C@@H]1[C@]2(C(=O)Nc3ccccc32)[C@@H]2CCCN2[C@]12C(=O)Nc1ccccc12. The average Bonchev–Trinajstić information content (AvgIpc) is 3.62. The fraction of sp³-hybridized carbons (Fsp3) is 0.250. The van der Waals surface area contributed by atoms with Gasteiger partial charge in [0.2, 0.25) is 11.8 Å². The summed E-state index contributed by atoms with van der Waals surface area (Å²) in [5.41, 5.74) is -0.315. The maximum absolute atomic E-state index is 14.7. The first-order valence-electron chi connectivity index (χ1n) is 12.3. The predicted octanol–water partition coefficient (Wildman–Crippen LogP) is 3.61. The molecule has 0 saturated carbocycles. The number of hydrogen-bond donors (Lipinski definition) is 2. The summed E-state index contributed by atoms with van der Waals surface area (Å²) in [4.78, 5) is 56.0.